The predicted octanol–water partition coefficient (Wildman–Crippen LogP) is 5.80. The van der Waals surface area contributed by atoms with Gasteiger partial charge in [-0.25, -0.2) is 14.1 Å². The number of para-hydroxylation sites is 1. The minimum absolute atomic E-state index is 0.0773. The zero-order chi connectivity index (χ0) is 25.4. The monoisotopic (exact) mass is 502 g/mol. The Kier molecular flexibility index (Phi) is 6.11. The van der Waals surface area contributed by atoms with Crippen LogP contribution in [0, 0.1) is 19.7 Å². The van der Waals surface area contributed by atoms with Gasteiger partial charge in [-0.3, -0.25) is 4.79 Å². The smallest absolute Gasteiger partial charge is 0.219 e. The summed E-state index contributed by atoms with van der Waals surface area (Å²) in [5.41, 5.74) is 11.3. The minimum atomic E-state index is -0.482. The van der Waals surface area contributed by atoms with Crippen LogP contribution in [0.15, 0.2) is 60.9 Å². The van der Waals surface area contributed by atoms with Crippen molar-refractivity contribution in [1.29, 1.82) is 0 Å². The molecule has 0 bridgehead atoms. The summed E-state index contributed by atoms with van der Waals surface area (Å²) in [5.74, 6) is -0.255. The second kappa shape index (κ2) is 9.38. The summed E-state index contributed by atoms with van der Waals surface area (Å²) in [6.45, 7) is 3.84. The Balaban J connectivity index is 1.43. The van der Waals surface area contributed by atoms with E-state index in [4.69, 9.17) is 10.5 Å². The third kappa shape index (κ3) is 4.27. The number of H-pyrrole nitrogens is 1. The zero-order valence-electron chi connectivity index (χ0n) is 19.8. The summed E-state index contributed by atoms with van der Waals surface area (Å²) in [5, 5.41) is 5.26. The summed E-state index contributed by atoms with van der Waals surface area (Å²) >= 11 is 1.50. The Labute approximate surface area is 210 Å². The van der Waals surface area contributed by atoms with Crippen molar-refractivity contribution in [2.75, 3.05) is 16.7 Å². The summed E-state index contributed by atoms with van der Waals surface area (Å²) < 4.78 is 24.2. The molecule has 10 heteroatoms. The average Bonchev–Trinajstić information content (AvgIpc) is 3.44. The topological polar surface area (TPSA) is 111 Å². The molecule has 36 heavy (non-hydrogen) atoms. The maximum absolute atomic E-state index is 13.9. The predicted molar refractivity (Wildman–Crippen MR) is 141 cm³/mol. The van der Waals surface area contributed by atoms with E-state index in [0.29, 0.717) is 11.4 Å². The number of anilines is 2. The van der Waals surface area contributed by atoms with Crippen molar-refractivity contribution in [2.24, 2.45) is 0 Å². The Morgan fingerprint density at radius 3 is 2.69 bits per heavy atom. The van der Waals surface area contributed by atoms with Crippen molar-refractivity contribution in [1.82, 2.24) is 19.7 Å². The van der Waals surface area contributed by atoms with Crippen molar-refractivity contribution in [3.63, 3.8) is 0 Å². The number of aromatic amines is 1. The number of fused-ring (bicyclic) bond motifs is 1. The van der Waals surface area contributed by atoms with Gasteiger partial charge in [0.05, 0.1) is 29.3 Å². The first kappa shape index (κ1) is 23.4. The number of nitrogen functional groups attached to an aromatic ring is 1. The second-order valence-electron chi connectivity index (χ2n) is 8.27. The van der Waals surface area contributed by atoms with Gasteiger partial charge in [-0.2, -0.15) is 5.10 Å². The number of hydrogen-bond acceptors (Lipinski definition) is 7. The molecule has 0 atom stereocenters. The van der Waals surface area contributed by atoms with E-state index in [1.165, 1.54) is 41.2 Å². The number of nitrogens with zero attached hydrogens (tertiary/aromatic N) is 3. The lowest BCUT2D eigenvalue weighted by Crippen LogP contribution is -2.09. The summed E-state index contributed by atoms with van der Waals surface area (Å²) in [6.07, 6.45) is 4.92. The lowest BCUT2D eigenvalue weighted by atomic mass is 10.1. The van der Waals surface area contributed by atoms with Crippen LogP contribution in [0.1, 0.15) is 27.2 Å². The summed E-state index contributed by atoms with van der Waals surface area (Å²) in [6, 6.07) is 13.6. The van der Waals surface area contributed by atoms with E-state index >= 15 is 0 Å². The van der Waals surface area contributed by atoms with Crippen LogP contribution in [-0.2, 0) is 0 Å². The van der Waals surface area contributed by atoms with Gasteiger partial charge in [0.2, 0.25) is 11.7 Å². The fraction of sp³-hybridized carbons (Fsp3) is 0.115. The molecule has 5 rings (SSSR count). The number of aryl methyl sites for hydroxylation is 2. The number of halogens is 1. The van der Waals surface area contributed by atoms with Gasteiger partial charge >= 0.3 is 0 Å². The molecule has 3 aromatic heterocycles. The quantitative estimate of drug-likeness (QED) is 0.191. The van der Waals surface area contributed by atoms with Crippen molar-refractivity contribution in [3.05, 3.63) is 89.1 Å². The number of hydrogen-bond donors (Lipinski definition) is 3. The molecule has 0 unspecified atom stereocenters. The van der Waals surface area contributed by atoms with Gasteiger partial charge in [-0.15, -0.1) is 0 Å². The molecule has 5 aromatic rings. The van der Waals surface area contributed by atoms with Gasteiger partial charge in [0.1, 0.15) is 5.82 Å². The van der Waals surface area contributed by atoms with Gasteiger partial charge in [0.25, 0.3) is 0 Å². The molecule has 0 spiro atoms. The van der Waals surface area contributed by atoms with E-state index in [1.807, 2.05) is 38.3 Å². The number of aromatic nitrogens is 4. The molecule has 8 nitrogen and oxygen atoms in total. The van der Waals surface area contributed by atoms with Crippen LogP contribution in [0.25, 0.3) is 16.6 Å². The molecule has 0 aliphatic heterocycles. The fourth-order valence-electron chi connectivity index (χ4n) is 3.95. The fourth-order valence-corrected chi connectivity index (χ4v) is 4.39. The molecule has 0 saturated heterocycles. The van der Waals surface area contributed by atoms with E-state index in [2.05, 4.69) is 19.8 Å². The maximum Gasteiger partial charge on any atom is 0.219 e. The van der Waals surface area contributed by atoms with E-state index in [1.54, 1.807) is 18.2 Å². The number of carbonyl (C=O) groups excluding carboxylic acids is 1. The molecule has 0 fully saturated rings. The largest absolute Gasteiger partial charge is 0.436 e. The number of nitrogens with one attached hydrogen (secondary N) is 2. The van der Waals surface area contributed by atoms with Crippen molar-refractivity contribution in [2.45, 2.75) is 13.8 Å². The molecule has 0 saturated carbocycles. The molecule has 0 aliphatic carbocycles. The second-order valence-corrected chi connectivity index (χ2v) is 8.88. The standard InChI is InChI=1S/C26H23FN6O2S/c1-14-8-16-10-21(31-20(16)11-19(14)32-36-3)25(34)17-12-30-33(26(17)28)22-13-29-24(9-15(22)2)35-23-7-5-4-6-18(23)27/h4-13,31-32H,28H2,1-3H3. The van der Waals surface area contributed by atoms with E-state index in [0.717, 1.165) is 27.7 Å². The Morgan fingerprint density at radius 2 is 1.94 bits per heavy atom. The van der Waals surface area contributed by atoms with Crippen LogP contribution >= 0.6 is 11.9 Å². The molecule has 182 valence electrons. The van der Waals surface area contributed by atoms with Crippen LogP contribution in [0.3, 0.4) is 0 Å². The van der Waals surface area contributed by atoms with Crippen LogP contribution < -0.4 is 15.2 Å². The number of ether oxygens (including phenoxy) is 1. The molecule has 2 aromatic carbocycles. The lowest BCUT2D eigenvalue weighted by molar-refractivity contribution is 0.103. The van der Waals surface area contributed by atoms with Crippen LogP contribution in [0.4, 0.5) is 15.9 Å². The van der Waals surface area contributed by atoms with Crippen molar-refractivity contribution in [3.8, 4) is 17.3 Å². The van der Waals surface area contributed by atoms with Gasteiger partial charge in [-0.05, 0) is 55.3 Å². The molecule has 4 N–H and O–H groups in total. The molecule has 0 amide bonds. The Hall–Kier alpha value is -4.31. The molecular formula is C26H23FN6O2S. The first-order valence-electron chi connectivity index (χ1n) is 11.1. The van der Waals surface area contributed by atoms with Crippen LogP contribution in [-0.4, -0.2) is 31.8 Å². The maximum atomic E-state index is 13.9. The number of benzene rings is 2. The van der Waals surface area contributed by atoms with Crippen LogP contribution in [0.2, 0.25) is 0 Å². The summed E-state index contributed by atoms with van der Waals surface area (Å²) in [7, 11) is 0. The number of ketones is 1. The highest BCUT2D eigenvalue weighted by Gasteiger charge is 2.21. The third-order valence-corrected chi connectivity index (χ3v) is 6.23. The average molecular weight is 503 g/mol. The van der Waals surface area contributed by atoms with Gasteiger partial charge in [-0.1, -0.05) is 24.1 Å². The highest BCUT2D eigenvalue weighted by Crippen LogP contribution is 2.29. The van der Waals surface area contributed by atoms with E-state index < -0.39 is 5.82 Å². The number of pyridine rings is 1. The first-order chi connectivity index (χ1) is 17.4. The zero-order valence-corrected chi connectivity index (χ0v) is 20.6. The van der Waals surface area contributed by atoms with E-state index in [9.17, 15) is 9.18 Å². The van der Waals surface area contributed by atoms with Crippen LogP contribution in [0.5, 0.6) is 11.6 Å². The Bertz CT molecular complexity index is 1610. The lowest BCUT2D eigenvalue weighted by Gasteiger charge is -2.11. The molecule has 0 radical (unpaired) electrons. The third-order valence-electron chi connectivity index (χ3n) is 5.81. The number of nitrogens with two attached hydrogens (primary N) is 1. The first-order valence-corrected chi connectivity index (χ1v) is 12.3. The minimum Gasteiger partial charge on any atom is -0.436 e. The van der Waals surface area contributed by atoms with Gasteiger partial charge in [0, 0.05) is 28.9 Å². The van der Waals surface area contributed by atoms with Crippen molar-refractivity contribution >= 4 is 40.1 Å². The highest BCUT2D eigenvalue weighted by atomic mass is 32.2. The molecular weight excluding hydrogens is 479 g/mol. The molecule has 0 aliphatic rings. The normalized spacial score (nSPS) is 11.1. The van der Waals surface area contributed by atoms with Gasteiger partial charge in [0.15, 0.2) is 11.6 Å². The summed E-state index contributed by atoms with van der Waals surface area (Å²) in [4.78, 5) is 20.7. The molecule has 3 heterocycles. The number of rotatable bonds is 7. The SMILES string of the molecule is CSNc1cc2[nH]c(C(=O)c3cnn(-c4cnc(Oc5ccccc5F)cc4C)c3N)cc2cc1C. The number of carbonyl (C=O) groups is 1. The Morgan fingerprint density at radius 1 is 1.14 bits per heavy atom. The van der Waals surface area contributed by atoms with E-state index in [-0.39, 0.29) is 28.8 Å². The van der Waals surface area contributed by atoms with Crippen molar-refractivity contribution < 1.29 is 13.9 Å². The highest BCUT2D eigenvalue weighted by molar-refractivity contribution is 7.99. The van der Waals surface area contributed by atoms with Gasteiger partial charge < -0.3 is 20.2 Å².